The number of amides is 1. The highest BCUT2D eigenvalue weighted by molar-refractivity contribution is 7.15. The van der Waals surface area contributed by atoms with Gasteiger partial charge in [0.25, 0.3) is 0 Å². The van der Waals surface area contributed by atoms with E-state index in [1.54, 1.807) is 6.92 Å². The molecule has 0 aliphatic rings. The van der Waals surface area contributed by atoms with Gasteiger partial charge in [-0.25, -0.2) is 4.79 Å². The van der Waals surface area contributed by atoms with Crippen LogP contribution >= 0.6 is 11.3 Å². The van der Waals surface area contributed by atoms with Gasteiger partial charge in [-0.1, -0.05) is 44.2 Å². The van der Waals surface area contributed by atoms with Crippen LogP contribution in [0.3, 0.4) is 0 Å². The normalized spacial score (nSPS) is 10.5. The van der Waals surface area contributed by atoms with Crippen LogP contribution in [-0.4, -0.2) is 18.5 Å². The molecular formula is C17H19NO3S. The molecule has 1 amide bonds. The zero-order chi connectivity index (χ0) is 16.1. The molecule has 0 spiro atoms. The Kier molecular flexibility index (Phi) is 5.33. The second-order valence-corrected chi connectivity index (χ2v) is 5.96. The van der Waals surface area contributed by atoms with Gasteiger partial charge < -0.3 is 10.1 Å². The van der Waals surface area contributed by atoms with Crippen molar-refractivity contribution >= 4 is 28.2 Å². The predicted octanol–water partition coefficient (Wildman–Crippen LogP) is 4.19. The Morgan fingerprint density at radius 3 is 2.50 bits per heavy atom. The number of carbonyl (C=O) groups is 2. The summed E-state index contributed by atoms with van der Waals surface area (Å²) >= 11 is 1.34. The molecule has 0 atom stereocenters. The molecule has 4 nitrogen and oxygen atoms in total. The smallest absolute Gasteiger partial charge is 0.341 e. The molecule has 0 bridgehead atoms. The van der Waals surface area contributed by atoms with Gasteiger partial charge in [0.2, 0.25) is 5.91 Å². The molecule has 1 N–H and O–H groups in total. The van der Waals surface area contributed by atoms with Gasteiger partial charge in [0.15, 0.2) is 0 Å². The second kappa shape index (κ2) is 7.22. The third kappa shape index (κ3) is 3.54. The standard InChI is InChI=1S/C17H19NO3S/c1-4-21-17(20)14-13(12-8-6-5-7-9-12)10-22-16(14)18-15(19)11(2)3/h5-11H,4H2,1-3H3,(H,18,19). The van der Waals surface area contributed by atoms with E-state index in [4.69, 9.17) is 4.74 Å². The topological polar surface area (TPSA) is 55.4 Å². The fraction of sp³-hybridized carbons (Fsp3) is 0.294. The highest BCUT2D eigenvalue weighted by atomic mass is 32.1. The van der Waals surface area contributed by atoms with Crippen LogP contribution in [-0.2, 0) is 9.53 Å². The predicted molar refractivity (Wildman–Crippen MR) is 89.2 cm³/mol. The summed E-state index contributed by atoms with van der Waals surface area (Å²) < 4.78 is 5.15. The van der Waals surface area contributed by atoms with E-state index in [0.717, 1.165) is 11.1 Å². The maximum absolute atomic E-state index is 12.3. The first-order chi connectivity index (χ1) is 10.5. The number of nitrogens with one attached hydrogen (secondary N) is 1. The molecule has 0 radical (unpaired) electrons. The van der Waals surface area contributed by atoms with Crippen molar-refractivity contribution in [1.29, 1.82) is 0 Å². The molecule has 116 valence electrons. The van der Waals surface area contributed by atoms with Gasteiger partial charge >= 0.3 is 5.97 Å². The quantitative estimate of drug-likeness (QED) is 0.841. The van der Waals surface area contributed by atoms with Gasteiger partial charge in [0.05, 0.1) is 6.61 Å². The van der Waals surface area contributed by atoms with Crippen molar-refractivity contribution < 1.29 is 14.3 Å². The van der Waals surface area contributed by atoms with Crippen molar-refractivity contribution in [2.24, 2.45) is 5.92 Å². The average Bonchev–Trinajstić information content (AvgIpc) is 2.92. The van der Waals surface area contributed by atoms with Gasteiger partial charge in [-0.05, 0) is 12.5 Å². The first-order valence-electron chi connectivity index (χ1n) is 7.19. The van der Waals surface area contributed by atoms with E-state index in [1.807, 2.05) is 49.6 Å². The summed E-state index contributed by atoms with van der Waals surface area (Å²) in [6.45, 7) is 5.68. The Balaban J connectivity index is 2.45. The molecule has 0 aliphatic carbocycles. The second-order valence-electron chi connectivity index (χ2n) is 5.08. The van der Waals surface area contributed by atoms with Gasteiger partial charge in [0, 0.05) is 16.9 Å². The fourth-order valence-electron chi connectivity index (χ4n) is 1.94. The first-order valence-corrected chi connectivity index (χ1v) is 8.07. The lowest BCUT2D eigenvalue weighted by Gasteiger charge is -2.10. The maximum Gasteiger partial charge on any atom is 0.341 e. The van der Waals surface area contributed by atoms with Crippen LogP contribution in [0.15, 0.2) is 35.7 Å². The van der Waals surface area contributed by atoms with Crippen molar-refractivity contribution in [2.45, 2.75) is 20.8 Å². The van der Waals surface area contributed by atoms with Crippen LogP contribution in [0, 0.1) is 5.92 Å². The average molecular weight is 317 g/mol. The monoisotopic (exact) mass is 317 g/mol. The van der Waals surface area contributed by atoms with Crippen molar-refractivity contribution in [3.8, 4) is 11.1 Å². The van der Waals surface area contributed by atoms with Gasteiger partial charge in [0.1, 0.15) is 10.6 Å². The number of esters is 1. The summed E-state index contributed by atoms with van der Waals surface area (Å²) in [5, 5.41) is 5.23. The number of hydrogen-bond acceptors (Lipinski definition) is 4. The lowest BCUT2D eigenvalue weighted by molar-refractivity contribution is -0.118. The zero-order valence-electron chi connectivity index (χ0n) is 12.9. The van der Waals surface area contributed by atoms with E-state index in [9.17, 15) is 9.59 Å². The van der Waals surface area contributed by atoms with Crippen LogP contribution in [0.1, 0.15) is 31.1 Å². The number of thiophene rings is 1. The number of ether oxygens (including phenoxy) is 1. The lowest BCUT2D eigenvalue weighted by atomic mass is 10.0. The Hall–Kier alpha value is -2.14. The third-order valence-corrected chi connectivity index (χ3v) is 4.01. The molecule has 0 unspecified atom stereocenters. The molecule has 0 saturated carbocycles. The van der Waals surface area contributed by atoms with Crippen LogP contribution < -0.4 is 5.32 Å². The van der Waals surface area contributed by atoms with E-state index >= 15 is 0 Å². The van der Waals surface area contributed by atoms with Crippen LogP contribution in [0.25, 0.3) is 11.1 Å². The molecule has 2 rings (SSSR count). The zero-order valence-corrected chi connectivity index (χ0v) is 13.7. The Morgan fingerprint density at radius 1 is 1.23 bits per heavy atom. The minimum atomic E-state index is -0.415. The van der Waals surface area contributed by atoms with Gasteiger partial charge in [-0.2, -0.15) is 0 Å². The van der Waals surface area contributed by atoms with Crippen molar-refractivity contribution in [3.05, 3.63) is 41.3 Å². The summed E-state index contributed by atoms with van der Waals surface area (Å²) in [4.78, 5) is 24.2. The SMILES string of the molecule is CCOC(=O)c1c(-c2ccccc2)csc1NC(=O)C(C)C. The molecular weight excluding hydrogens is 298 g/mol. The largest absolute Gasteiger partial charge is 0.462 e. The molecule has 1 heterocycles. The molecule has 0 aliphatic heterocycles. The van der Waals surface area contributed by atoms with Crippen LogP contribution in [0.2, 0.25) is 0 Å². The van der Waals surface area contributed by atoms with E-state index in [-0.39, 0.29) is 11.8 Å². The molecule has 1 aromatic carbocycles. The first kappa shape index (κ1) is 16.2. The molecule has 2 aromatic rings. The Labute approximate surface area is 134 Å². The van der Waals surface area contributed by atoms with Crippen LogP contribution in [0.4, 0.5) is 5.00 Å². The molecule has 0 saturated heterocycles. The number of benzene rings is 1. The summed E-state index contributed by atoms with van der Waals surface area (Å²) in [6.07, 6.45) is 0. The van der Waals surface area contributed by atoms with Crippen molar-refractivity contribution in [3.63, 3.8) is 0 Å². The van der Waals surface area contributed by atoms with Gasteiger partial charge in [-0.15, -0.1) is 11.3 Å². The molecule has 22 heavy (non-hydrogen) atoms. The minimum Gasteiger partial charge on any atom is -0.462 e. The summed E-state index contributed by atoms with van der Waals surface area (Å²) in [7, 11) is 0. The van der Waals surface area contributed by atoms with Crippen molar-refractivity contribution in [2.75, 3.05) is 11.9 Å². The number of rotatable bonds is 5. The Morgan fingerprint density at radius 2 is 1.91 bits per heavy atom. The number of anilines is 1. The highest BCUT2D eigenvalue weighted by Crippen LogP contribution is 2.36. The summed E-state index contributed by atoms with van der Waals surface area (Å²) in [5.74, 6) is -0.689. The summed E-state index contributed by atoms with van der Waals surface area (Å²) in [6, 6.07) is 9.60. The number of carbonyl (C=O) groups excluding carboxylic acids is 2. The molecule has 0 fully saturated rings. The summed E-state index contributed by atoms with van der Waals surface area (Å²) in [5.41, 5.74) is 2.13. The van der Waals surface area contributed by atoms with E-state index in [0.29, 0.717) is 17.2 Å². The molecule has 5 heteroatoms. The molecule has 1 aromatic heterocycles. The minimum absolute atomic E-state index is 0.119. The van der Waals surface area contributed by atoms with Crippen molar-refractivity contribution in [1.82, 2.24) is 0 Å². The fourth-order valence-corrected chi connectivity index (χ4v) is 2.90. The van der Waals surface area contributed by atoms with E-state index in [2.05, 4.69) is 5.32 Å². The highest BCUT2D eigenvalue weighted by Gasteiger charge is 2.23. The van der Waals surface area contributed by atoms with E-state index < -0.39 is 5.97 Å². The maximum atomic E-state index is 12.3. The number of hydrogen-bond donors (Lipinski definition) is 1. The van der Waals surface area contributed by atoms with E-state index in [1.165, 1.54) is 11.3 Å². The lowest BCUT2D eigenvalue weighted by Crippen LogP contribution is -2.19. The Bertz CT molecular complexity index is 662. The van der Waals surface area contributed by atoms with Crippen LogP contribution in [0.5, 0.6) is 0 Å². The third-order valence-electron chi connectivity index (χ3n) is 3.12. The van der Waals surface area contributed by atoms with Gasteiger partial charge in [-0.3, -0.25) is 4.79 Å².